The van der Waals surface area contributed by atoms with E-state index in [4.69, 9.17) is 66.1 Å². The van der Waals surface area contributed by atoms with Crippen molar-refractivity contribution in [3.8, 4) is 11.5 Å². The zero-order chi connectivity index (χ0) is 37.9. The van der Waals surface area contributed by atoms with Crippen molar-refractivity contribution in [1.29, 1.82) is 0 Å². The number of anilines is 2. The van der Waals surface area contributed by atoms with Crippen LogP contribution in [0.4, 0.5) is 11.4 Å². The molecule has 0 bridgehead atoms. The molecule has 0 radical (unpaired) electrons. The van der Waals surface area contributed by atoms with Crippen LogP contribution in [0, 0.1) is 0 Å². The Hall–Kier alpha value is -4.35. The highest BCUT2D eigenvalue weighted by Gasteiger charge is 2.19. The summed E-state index contributed by atoms with van der Waals surface area (Å²) in [4.78, 5) is 33.3. The lowest BCUT2D eigenvalue weighted by molar-refractivity contribution is -0.137. The van der Waals surface area contributed by atoms with E-state index in [1.165, 1.54) is 50.7 Å². The van der Waals surface area contributed by atoms with Gasteiger partial charge in [0.2, 0.25) is 0 Å². The van der Waals surface area contributed by atoms with Crippen molar-refractivity contribution in [2.24, 2.45) is 0 Å². The zero-order valence-corrected chi connectivity index (χ0v) is 31.6. The van der Waals surface area contributed by atoms with Crippen LogP contribution in [0.3, 0.4) is 0 Å². The second-order valence-corrected chi connectivity index (χ2v) is 14.5. The number of hydrogen-bond acceptors (Lipinski definition) is 7. The third-order valence-corrected chi connectivity index (χ3v) is 9.77. The van der Waals surface area contributed by atoms with Crippen molar-refractivity contribution in [1.82, 2.24) is 5.32 Å². The predicted molar refractivity (Wildman–Crippen MR) is 208 cm³/mol. The van der Waals surface area contributed by atoms with Gasteiger partial charge in [-0.2, -0.15) is 0 Å². The van der Waals surface area contributed by atoms with Crippen molar-refractivity contribution in [3.63, 3.8) is 0 Å². The number of ether oxygens (including phenoxy) is 2. The quantitative estimate of drug-likeness (QED) is 0.0793. The summed E-state index contributed by atoms with van der Waals surface area (Å²) < 4.78 is 11.5. The number of carbonyl (C=O) groups excluding carboxylic acids is 1. The predicted octanol–water partition coefficient (Wildman–Crippen LogP) is 9.52. The van der Waals surface area contributed by atoms with Gasteiger partial charge in [-0.15, -0.1) is 0 Å². The lowest BCUT2D eigenvalue weighted by Gasteiger charge is -2.27. The van der Waals surface area contributed by atoms with Gasteiger partial charge in [0.05, 0.1) is 26.5 Å². The third-order valence-electron chi connectivity index (χ3n) is 8.65. The summed E-state index contributed by atoms with van der Waals surface area (Å²) in [6.07, 6.45) is 7.24. The molecule has 0 aromatic heterocycles. The maximum atomic E-state index is 12.0. The Morgan fingerprint density at radius 1 is 0.623 bits per heavy atom. The molecule has 0 unspecified atom stereocenters. The second kappa shape index (κ2) is 19.1. The molecule has 0 aliphatic heterocycles. The fourth-order valence-corrected chi connectivity index (χ4v) is 6.74. The molecule has 4 aromatic carbocycles. The average molecular weight is 804 g/mol. The van der Waals surface area contributed by atoms with Gasteiger partial charge < -0.3 is 35.6 Å². The van der Waals surface area contributed by atoms with Gasteiger partial charge in [0.1, 0.15) is 19.8 Å². The summed E-state index contributed by atoms with van der Waals surface area (Å²) in [6, 6.07) is 23.1. The standard InChI is InChI=1S/C20H20Cl2N2O4.C19H19Cl2NO3/c21-16-8-13(20(27)23-10-18(25)26)9-17(22)19(16)28-11-12-3-1-6-15(7-12)24-14-4-2-5-14;20-16-8-13(10-18(23)24)9-17(21)19(16)25-11-12-3-1-6-15(7-12)22-14-4-2-5-14/h1,3,6-9,14,24H,2,4-5,10-11H2,(H,23,27)(H,25,26);1,3,6-9,14,22H,2,4-5,10-11H2,(H,23,24). The van der Waals surface area contributed by atoms with E-state index in [1.807, 2.05) is 42.5 Å². The summed E-state index contributed by atoms with van der Waals surface area (Å²) in [7, 11) is 0. The number of amides is 1. The lowest BCUT2D eigenvalue weighted by Crippen LogP contribution is -2.29. The minimum Gasteiger partial charge on any atom is -0.486 e. The number of carbonyl (C=O) groups is 3. The van der Waals surface area contributed by atoms with Crippen LogP contribution in [0.25, 0.3) is 0 Å². The molecule has 53 heavy (non-hydrogen) atoms. The molecular formula is C39H39Cl4N3O7. The Kier molecular flexibility index (Phi) is 14.4. The van der Waals surface area contributed by atoms with Crippen LogP contribution in [0.2, 0.25) is 20.1 Å². The highest BCUT2D eigenvalue weighted by molar-refractivity contribution is 6.38. The molecule has 2 saturated carbocycles. The number of carboxylic acids is 2. The van der Waals surface area contributed by atoms with Crippen LogP contribution in [-0.2, 0) is 29.2 Å². The van der Waals surface area contributed by atoms with Crippen LogP contribution < -0.4 is 25.4 Å². The Morgan fingerprint density at radius 3 is 1.47 bits per heavy atom. The third kappa shape index (κ3) is 12.1. The van der Waals surface area contributed by atoms with Crippen LogP contribution >= 0.6 is 46.4 Å². The number of aliphatic carboxylic acids is 2. The number of halogens is 4. The van der Waals surface area contributed by atoms with Gasteiger partial charge in [-0.3, -0.25) is 14.4 Å². The van der Waals surface area contributed by atoms with Gasteiger partial charge in [-0.05, 0) is 104 Å². The molecule has 6 rings (SSSR count). The van der Waals surface area contributed by atoms with Crippen molar-refractivity contribution in [3.05, 3.63) is 115 Å². The Balaban J connectivity index is 0.000000206. The SMILES string of the molecule is O=C(O)CNC(=O)c1cc(Cl)c(OCc2cccc(NC3CCC3)c2)c(Cl)c1.O=C(O)Cc1cc(Cl)c(OCc2cccc(NC3CCC3)c2)c(Cl)c1. The van der Waals surface area contributed by atoms with Crippen LogP contribution in [0.1, 0.15) is 65.6 Å². The molecule has 4 aromatic rings. The topological polar surface area (TPSA) is 146 Å². The van der Waals surface area contributed by atoms with Gasteiger partial charge >= 0.3 is 11.9 Å². The van der Waals surface area contributed by atoms with Crippen molar-refractivity contribution in [2.75, 3.05) is 17.2 Å². The summed E-state index contributed by atoms with van der Waals surface area (Å²) >= 11 is 24.8. The second-order valence-electron chi connectivity index (χ2n) is 12.8. The monoisotopic (exact) mass is 801 g/mol. The normalized spacial score (nSPS) is 13.7. The van der Waals surface area contributed by atoms with Crippen LogP contribution in [0.5, 0.6) is 11.5 Å². The highest BCUT2D eigenvalue weighted by Crippen LogP contribution is 2.36. The van der Waals surface area contributed by atoms with Gasteiger partial charge in [0.25, 0.3) is 5.91 Å². The number of rotatable bonds is 15. The van der Waals surface area contributed by atoms with Gasteiger partial charge in [0, 0.05) is 29.0 Å². The largest absolute Gasteiger partial charge is 0.486 e. The molecular weight excluding hydrogens is 764 g/mol. The first-order valence-electron chi connectivity index (χ1n) is 17.1. The molecule has 14 heteroatoms. The molecule has 0 saturated heterocycles. The minimum atomic E-state index is -1.14. The molecule has 5 N–H and O–H groups in total. The van der Waals surface area contributed by atoms with E-state index in [0.717, 1.165) is 22.5 Å². The van der Waals surface area contributed by atoms with E-state index in [9.17, 15) is 14.4 Å². The summed E-state index contributed by atoms with van der Waals surface area (Å²) in [5.74, 6) is -2.01. The van der Waals surface area contributed by atoms with Gasteiger partial charge in [-0.1, -0.05) is 70.7 Å². The number of nitrogens with one attached hydrogen (secondary N) is 3. The first-order valence-corrected chi connectivity index (χ1v) is 18.6. The van der Waals surface area contributed by atoms with E-state index < -0.39 is 24.4 Å². The molecule has 1 amide bonds. The van der Waals surface area contributed by atoms with E-state index in [2.05, 4.69) is 22.0 Å². The van der Waals surface area contributed by atoms with Gasteiger partial charge in [0.15, 0.2) is 11.5 Å². The molecule has 0 heterocycles. The minimum absolute atomic E-state index is 0.130. The summed E-state index contributed by atoms with van der Waals surface area (Å²) in [6.45, 7) is 0.111. The maximum Gasteiger partial charge on any atom is 0.322 e. The average Bonchev–Trinajstić information content (AvgIpc) is 3.06. The highest BCUT2D eigenvalue weighted by atomic mass is 35.5. The van der Waals surface area contributed by atoms with Crippen LogP contribution in [-0.4, -0.2) is 46.7 Å². The van der Waals surface area contributed by atoms with E-state index in [0.29, 0.717) is 40.0 Å². The van der Waals surface area contributed by atoms with E-state index in [-0.39, 0.29) is 34.4 Å². The fourth-order valence-electron chi connectivity index (χ4n) is 5.50. The molecule has 280 valence electrons. The van der Waals surface area contributed by atoms with Gasteiger partial charge in [-0.25, -0.2) is 0 Å². The van der Waals surface area contributed by atoms with Crippen molar-refractivity contribution < 1.29 is 34.1 Å². The fraction of sp³-hybridized carbons (Fsp3) is 0.308. The van der Waals surface area contributed by atoms with E-state index in [1.54, 1.807) is 12.1 Å². The number of hydrogen-bond donors (Lipinski definition) is 5. The first kappa shape index (κ1) is 39.8. The Morgan fingerprint density at radius 2 is 1.08 bits per heavy atom. The molecule has 2 aliphatic rings. The molecule has 0 atom stereocenters. The first-order chi connectivity index (χ1) is 25.4. The summed E-state index contributed by atoms with van der Waals surface area (Å²) in [5, 5.41) is 27.7. The summed E-state index contributed by atoms with van der Waals surface area (Å²) in [5.41, 5.74) is 4.80. The van der Waals surface area contributed by atoms with Crippen molar-refractivity contribution >= 4 is 75.6 Å². The van der Waals surface area contributed by atoms with Crippen molar-refractivity contribution in [2.45, 2.75) is 70.2 Å². The molecule has 2 aliphatic carbocycles. The lowest BCUT2D eigenvalue weighted by atomic mass is 9.93. The zero-order valence-electron chi connectivity index (χ0n) is 28.6. The smallest absolute Gasteiger partial charge is 0.322 e. The Bertz CT molecular complexity index is 1890. The molecule has 0 spiro atoms. The Labute approximate surface area is 327 Å². The number of carboxylic acid groups (broad SMARTS) is 2. The number of benzene rings is 4. The maximum absolute atomic E-state index is 12.0. The van der Waals surface area contributed by atoms with Crippen LogP contribution in [0.15, 0.2) is 72.8 Å². The van der Waals surface area contributed by atoms with E-state index >= 15 is 0 Å². The molecule has 10 nitrogen and oxygen atoms in total. The molecule has 2 fully saturated rings.